The van der Waals surface area contributed by atoms with Crippen LogP contribution in [0.4, 0.5) is 0 Å². The van der Waals surface area contributed by atoms with E-state index < -0.39 is 0 Å². The number of hydrogen-bond acceptors (Lipinski definition) is 2. The third-order valence-electron chi connectivity index (χ3n) is 7.21. The molecule has 1 N–H and O–H groups in total. The van der Waals surface area contributed by atoms with Gasteiger partial charge in [-0.3, -0.25) is 0 Å². The molecule has 5 rings (SSSR count). The lowest BCUT2D eigenvalue weighted by atomic mass is 9.57. The van der Waals surface area contributed by atoms with Crippen LogP contribution in [0.5, 0.6) is 0 Å². The Kier molecular flexibility index (Phi) is 1.87. The van der Waals surface area contributed by atoms with Crippen LogP contribution in [0, 0.1) is 35.0 Å². The molecule has 1 aliphatic heterocycles. The van der Waals surface area contributed by atoms with E-state index in [0.717, 1.165) is 48.3 Å². The van der Waals surface area contributed by atoms with E-state index in [4.69, 9.17) is 4.74 Å². The van der Waals surface area contributed by atoms with Crippen LogP contribution in [0.3, 0.4) is 0 Å². The minimum Gasteiger partial charge on any atom is -0.377 e. The molecule has 5 aliphatic rings. The molecule has 5 fully saturated rings. The summed E-state index contributed by atoms with van der Waals surface area (Å²) in [6.45, 7) is 5.81. The Morgan fingerprint density at radius 3 is 2.50 bits per heavy atom. The molecule has 0 spiro atoms. The Morgan fingerprint density at radius 1 is 1.06 bits per heavy atom. The molecule has 2 nitrogen and oxygen atoms in total. The molecule has 100 valence electrons. The van der Waals surface area contributed by atoms with Gasteiger partial charge in [0.05, 0.1) is 6.10 Å². The molecule has 1 saturated heterocycles. The van der Waals surface area contributed by atoms with E-state index in [9.17, 15) is 0 Å². The lowest BCUT2D eigenvalue weighted by Gasteiger charge is -2.55. The van der Waals surface area contributed by atoms with Crippen molar-refractivity contribution in [2.45, 2.75) is 57.7 Å². The van der Waals surface area contributed by atoms with E-state index in [2.05, 4.69) is 19.2 Å². The van der Waals surface area contributed by atoms with Crippen LogP contribution in [-0.4, -0.2) is 24.8 Å². The standard InChI is InChI=1S/C16H25NO/c1-16(2)14(10-5-6-18-15(10)16)17-13-11-8-3-4-9(7-8)12(11)13/h8-15,17H,3-7H2,1-2H3. The number of ether oxygens (including phenoxy) is 1. The van der Waals surface area contributed by atoms with Gasteiger partial charge in [-0.25, -0.2) is 0 Å². The predicted octanol–water partition coefficient (Wildman–Crippen LogP) is 2.43. The molecule has 0 aromatic rings. The van der Waals surface area contributed by atoms with Crippen molar-refractivity contribution in [2.75, 3.05) is 6.61 Å². The van der Waals surface area contributed by atoms with Crippen molar-refractivity contribution in [3.8, 4) is 0 Å². The first kappa shape index (κ1) is 10.7. The third kappa shape index (κ3) is 1.09. The smallest absolute Gasteiger partial charge is 0.0685 e. The molecule has 7 unspecified atom stereocenters. The van der Waals surface area contributed by atoms with Gasteiger partial charge in [-0.15, -0.1) is 0 Å². The molecule has 0 radical (unpaired) electrons. The van der Waals surface area contributed by atoms with Crippen LogP contribution in [0.1, 0.15) is 39.5 Å². The van der Waals surface area contributed by atoms with Crippen LogP contribution in [0.25, 0.3) is 0 Å². The number of hydrogen-bond donors (Lipinski definition) is 1. The van der Waals surface area contributed by atoms with E-state index >= 15 is 0 Å². The first-order valence-corrected chi connectivity index (χ1v) is 8.05. The summed E-state index contributed by atoms with van der Waals surface area (Å²) in [5.41, 5.74) is 0.372. The van der Waals surface area contributed by atoms with Crippen molar-refractivity contribution in [3.63, 3.8) is 0 Å². The summed E-state index contributed by atoms with van der Waals surface area (Å²) in [7, 11) is 0. The van der Waals surface area contributed by atoms with Gasteiger partial charge in [0.1, 0.15) is 0 Å². The quantitative estimate of drug-likeness (QED) is 0.809. The zero-order valence-corrected chi connectivity index (χ0v) is 11.6. The predicted molar refractivity (Wildman–Crippen MR) is 70.2 cm³/mol. The van der Waals surface area contributed by atoms with E-state index in [1.165, 1.54) is 19.3 Å². The van der Waals surface area contributed by atoms with Gasteiger partial charge in [-0.2, -0.15) is 0 Å². The lowest BCUT2D eigenvalue weighted by Crippen LogP contribution is -2.66. The first-order chi connectivity index (χ1) is 8.68. The number of nitrogens with one attached hydrogen (secondary N) is 1. The largest absolute Gasteiger partial charge is 0.377 e. The maximum absolute atomic E-state index is 5.91. The van der Waals surface area contributed by atoms with Gasteiger partial charge in [-0.05, 0) is 49.4 Å². The summed E-state index contributed by atoms with van der Waals surface area (Å²) >= 11 is 0. The summed E-state index contributed by atoms with van der Waals surface area (Å²) in [5, 5.41) is 4.07. The van der Waals surface area contributed by atoms with E-state index in [1.807, 2.05) is 0 Å². The molecule has 0 aromatic carbocycles. The molecule has 1 heterocycles. The minimum atomic E-state index is 0.372. The Hall–Kier alpha value is -0.0800. The highest BCUT2D eigenvalue weighted by Crippen LogP contribution is 2.66. The average molecular weight is 247 g/mol. The minimum absolute atomic E-state index is 0.372. The van der Waals surface area contributed by atoms with Crippen molar-refractivity contribution < 1.29 is 4.74 Å². The second kappa shape index (κ2) is 3.15. The van der Waals surface area contributed by atoms with Crippen molar-refractivity contribution in [1.29, 1.82) is 0 Å². The molecular formula is C16H25NO. The molecule has 4 saturated carbocycles. The number of fused-ring (bicyclic) bond motifs is 6. The molecule has 0 amide bonds. The fraction of sp³-hybridized carbons (Fsp3) is 1.00. The topological polar surface area (TPSA) is 21.3 Å². The molecular weight excluding hydrogens is 222 g/mol. The molecule has 2 heteroatoms. The van der Waals surface area contributed by atoms with E-state index in [-0.39, 0.29) is 0 Å². The van der Waals surface area contributed by atoms with E-state index in [0.29, 0.717) is 11.5 Å². The van der Waals surface area contributed by atoms with Crippen LogP contribution in [0.2, 0.25) is 0 Å². The van der Waals surface area contributed by atoms with E-state index in [1.54, 1.807) is 6.42 Å². The zero-order valence-electron chi connectivity index (χ0n) is 11.6. The first-order valence-electron chi connectivity index (χ1n) is 8.05. The normalized spacial score (nSPS) is 62.3. The van der Waals surface area contributed by atoms with Crippen LogP contribution in [0.15, 0.2) is 0 Å². The summed E-state index contributed by atoms with van der Waals surface area (Å²) in [4.78, 5) is 0. The molecule has 4 aliphatic carbocycles. The Balaban J connectivity index is 1.32. The summed E-state index contributed by atoms with van der Waals surface area (Å²) < 4.78 is 5.91. The zero-order chi connectivity index (χ0) is 12.1. The maximum atomic E-state index is 5.91. The van der Waals surface area contributed by atoms with Crippen molar-refractivity contribution in [2.24, 2.45) is 35.0 Å². The average Bonchev–Trinajstić information content (AvgIpc) is 2.80. The number of rotatable bonds is 2. The van der Waals surface area contributed by atoms with Crippen LogP contribution >= 0.6 is 0 Å². The lowest BCUT2D eigenvalue weighted by molar-refractivity contribution is -0.114. The Bertz CT molecular complexity index is 377. The Morgan fingerprint density at radius 2 is 1.78 bits per heavy atom. The van der Waals surface area contributed by atoms with Crippen LogP contribution < -0.4 is 5.32 Å². The summed E-state index contributed by atoms with van der Waals surface area (Å²) in [6, 6.07) is 1.63. The molecule has 7 atom stereocenters. The fourth-order valence-electron chi connectivity index (χ4n) is 6.42. The summed E-state index contributed by atoms with van der Waals surface area (Å²) in [5.74, 6) is 5.15. The molecule has 2 bridgehead atoms. The second-order valence-electron chi connectivity index (χ2n) is 8.22. The van der Waals surface area contributed by atoms with Crippen molar-refractivity contribution in [3.05, 3.63) is 0 Å². The van der Waals surface area contributed by atoms with Gasteiger partial charge >= 0.3 is 0 Å². The molecule has 0 aromatic heterocycles. The summed E-state index contributed by atoms with van der Waals surface area (Å²) in [6.07, 6.45) is 6.48. The monoisotopic (exact) mass is 247 g/mol. The highest BCUT2D eigenvalue weighted by atomic mass is 16.5. The third-order valence-corrected chi connectivity index (χ3v) is 7.21. The Labute approximate surface area is 110 Å². The van der Waals surface area contributed by atoms with Gasteiger partial charge in [0.25, 0.3) is 0 Å². The van der Waals surface area contributed by atoms with Gasteiger partial charge in [0.2, 0.25) is 0 Å². The highest BCUT2D eigenvalue weighted by molar-refractivity contribution is 5.20. The van der Waals surface area contributed by atoms with Crippen molar-refractivity contribution in [1.82, 2.24) is 5.32 Å². The van der Waals surface area contributed by atoms with Gasteiger partial charge in [0.15, 0.2) is 0 Å². The van der Waals surface area contributed by atoms with Crippen molar-refractivity contribution >= 4 is 0 Å². The maximum Gasteiger partial charge on any atom is 0.0685 e. The fourth-order valence-corrected chi connectivity index (χ4v) is 6.42. The molecule has 18 heavy (non-hydrogen) atoms. The van der Waals surface area contributed by atoms with Crippen LogP contribution in [-0.2, 0) is 4.74 Å². The highest BCUT2D eigenvalue weighted by Gasteiger charge is 2.68. The SMILES string of the molecule is CC1(C)C(NC2C3C4CCC(C4)C23)C2CCOC21. The van der Waals surface area contributed by atoms with Gasteiger partial charge in [-0.1, -0.05) is 13.8 Å². The second-order valence-corrected chi connectivity index (χ2v) is 8.22. The van der Waals surface area contributed by atoms with Gasteiger partial charge < -0.3 is 10.1 Å². The van der Waals surface area contributed by atoms with Gasteiger partial charge in [0, 0.05) is 30.0 Å².